The smallest absolute Gasteiger partial charge is 0.324 e. The minimum atomic E-state index is -1.56. The van der Waals surface area contributed by atoms with E-state index in [0.717, 1.165) is 100 Å². The molecule has 1 N–H and O–H groups in total. The van der Waals surface area contributed by atoms with Crippen LogP contribution in [-0.4, -0.2) is 146 Å². The van der Waals surface area contributed by atoms with Gasteiger partial charge in [-0.15, -0.1) is 0 Å². The SMILES string of the molecule is CCCCC(Cc1cc(C(C)(C)C)c(O)c(C(C)(C)C)c1)(C(=O)OC1CCC(C)(C)N(C)C1(C)C)C(=O)OC1CCC(C)(C)N(C)C1(C)C.CN1C(C)(C)CCC(OC(=O)CCCCCCCCC(=O)OC2CCC(C)(C)N(C)C2(C)C)C1(C)C. The summed E-state index contributed by atoms with van der Waals surface area (Å²) in [7, 11) is 8.46. The summed E-state index contributed by atoms with van der Waals surface area (Å²) in [5, 5.41) is 11.5. The van der Waals surface area contributed by atoms with Crippen LogP contribution in [0.1, 0.15) is 298 Å². The third-order valence-electron chi connectivity index (χ3n) is 22.4. The van der Waals surface area contributed by atoms with Gasteiger partial charge in [0.1, 0.15) is 30.2 Å². The molecule has 5 rings (SSSR count). The first-order valence-corrected chi connectivity index (χ1v) is 33.2. The average Bonchev–Trinajstić information content (AvgIpc) is 1.77. The maximum atomic E-state index is 15.0. The fourth-order valence-electron chi connectivity index (χ4n) is 14.3. The quantitative estimate of drug-likeness (QED) is 0.0574. The van der Waals surface area contributed by atoms with Gasteiger partial charge in [-0.2, -0.15) is 0 Å². The number of esters is 4. The van der Waals surface area contributed by atoms with Gasteiger partial charge < -0.3 is 24.1 Å². The molecule has 0 aliphatic carbocycles. The fourth-order valence-corrected chi connectivity index (χ4v) is 14.3. The lowest BCUT2D eigenvalue weighted by Crippen LogP contribution is -2.65. The third kappa shape index (κ3) is 17.4. The monoisotopic (exact) mass is 1190 g/mol. The summed E-state index contributed by atoms with van der Waals surface area (Å²) < 4.78 is 25.0. The number of ether oxygens (including phenoxy) is 4. The normalized spacial score (nSPS) is 26.2. The van der Waals surface area contributed by atoms with Gasteiger partial charge in [-0.25, -0.2) is 0 Å². The summed E-state index contributed by atoms with van der Waals surface area (Å²) in [4.78, 5) is 64.3. The molecule has 490 valence electrons. The zero-order chi connectivity index (χ0) is 65.1. The lowest BCUT2D eigenvalue weighted by molar-refractivity contribution is -0.196. The Balaban J connectivity index is 0.000000382. The molecule has 13 nitrogen and oxygen atoms in total. The van der Waals surface area contributed by atoms with Gasteiger partial charge in [0.25, 0.3) is 0 Å². The molecule has 0 spiro atoms. The van der Waals surface area contributed by atoms with Crippen LogP contribution in [0.5, 0.6) is 5.75 Å². The number of nitrogens with zero attached hydrogens (tertiary/aromatic N) is 4. The lowest BCUT2D eigenvalue weighted by Gasteiger charge is -2.55. The highest BCUT2D eigenvalue weighted by molar-refractivity contribution is 6.00. The van der Waals surface area contributed by atoms with Gasteiger partial charge in [-0.1, -0.05) is 99.1 Å². The lowest BCUT2D eigenvalue weighted by atomic mass is 9.73. The van der Waals surface area contributed by atoms with Crippen molar-refractivity contribution in [3.8, 4) is 5.75 Å². The Labute approximate surface area is 519 Å². The fraction of sp³-hybridized carbons (Fsp3) is 0.861. The van der Waals surface area contributed by atoms with Gasteiger partial charge in [0, 0.05) is 35.0 Å². The number of likely N-dealkylation sites (tertiary alicyclic amines) is 4. The van der Waals surface area contributed by atoms with Crippen molar-refractivity contribution in [2.45, 2.75) is 367 Å². The summed E-state index contributed by atoms with van der Waals surface area (Å²) >= 11 is 0. The van der Waals surface area contributed by atoms with Crippen molar-refractivity contribution in [2.24, 2.45) is 5.41 Å². The van der Waals surface area contributed by atoms with Crippen molar-refractivity contribution >= 4 is 23.9 Å². The molecular weight excluding hydrogens is 1060 g/mol. The zero-order valence-corrected chi connectivity index (χ0v) is 59.6. The van der Waals surface area contributed by atoms with Gasteiger partial charge >= 0.3 is 23.9 Å². The van der Waals surface area contributed by atoms with Crippen LogP contribution in [-0.2, 0) is 55.4 Å². The third-order valence-corrected chi connectivity index (χ3v) is 22.4. The van der Waals surface area contributed by atoms with E-state index in [1.165, 1.54) is 0 Å². The molecule has 1 aromatic carbocycles. The number of phenolic OH excluding ortho intramolecular Hbond substituents is 1. The van der Waals surface area contributed by atoms with Gasteiger partial charge in [-0.05, 0) is 244 Å². The number of unbranched alkanes of at least 4 members (excludes halogenated alkanes) is 6. The van der Waals surface area contributed by atoms with Crippen molar-refractivity contribution < 1.29 is 43.2 Å². The predicted octanol–water partition coefficient (Wildman–Crippen LogP) is 15.6. The number of piperidine rings is 4. The largest absolute Gasteiger partial charge is 0.507 e. The highest BCUT2D eigenvalue weighted by Crippen LogP contribution is 2.47. The highest BCUT2D eigenvalue weighted by atomic mass is 16.6. The first-order valence-electron chi connectivity index (χ1n) is 33.2. The standard InChI is InChI=1S/C42H72N2O5.C30H56N2O4/c1-18-19-22-42(34(46)48-31-20-23-38(8,9)43(16)40(31,12)13,35(47)49-32-21-24-39(10,11)44(17)41(32,14)15)27-28-25-29(36(2,3)4)33(45)30(26-28)37(5,6)7;1-27(2)21-19-23(29(5,6)31(27)9)35-25(33)17-15-13-11-12-14-16-18-26(34)36-24-20-22-28(3,4)32(10)30(24,7)8/h25-26,31-32,45H,18-24,27H2,1-17H3;23-24H,11-22H2,1-10H3. The Morgan fingerprint density at radius 1 is 0.459 bits per heavy atom. The molecule has 85 heavy (non-hydrogen) atoms. The number of phenols is 1. The molecule has 4 fully saturated rings. The molecule has 4 aliphatic heterocycles. The van der Waals surface area contributed by atoms with Crippen LogP contribution in [0.25, 0.3) is 0 Å². The van der Waals surface area contributed by atoms with E-state index in [1.54, 1.807) is 0 Å². The summed E-state index contributed by atoms with van der Waals surface area (Å²) in [6.07, 6.45) is 15.1. The topological polar surface area (TPSA) is 138 Å². The molecule has 0 bridgehead atoms. The van der Waals surface area contributed by atoms with Crippen LogP contribution in [0, 0.1) is 5.41 Å². The molecule has 4 saturated heterocycles. The zero-order valence-electron chi connectivity index (χ0n) is 59.6. The Morgan fingerprint density at radius 3 is 1.00 bits per heavy atom. The number of benzene rings is 1. The summed E-state index contributed by atoms with van der Waals surface area (Å²) in [5.74, 6) is -0.853. The Morgan fingerprint density at radius 2 is 0.729 bits per heavy atom. The van der Waals surface area contributed by atoms with E-state index < -0.39 is 28.4 Å². The number of carbonyl (C=O) groups excluding carboxylic acids is 4. The summed E-state index contributed by atoms with van der Waals surface area (Å²) in [6, 6.07) is 3.99. The first kappa shape index (κ1) is 74.2. The molecule has 0 aromatic heterocycles. The summed E-state index contributed by atoms with van der Waals surface area (Å²) in [6.45, 7) is 49.7. The summed E-state index contributed by atoms with van der Waals surface area (Å²) in [5.41, 5.74) is -0.857. The van der Waals surface area contributed by atoms with Gasteiger partial charge in [0.15, 0.2) is 5.41 Å². The minimum absolute atomic E-state index is 0.0459. The van der Waals surface area contributed by atoms with Gasteiger partial charge in [0.2, 0.25) is 0 Å². The second-order valence-corrected chi connectivity index (χ2v) is 33.5. The number of hydrogen-bond acceptors (Lipinski definition) is 13. The van der Waals surface area contributed by atoms with Crippen molar-refractivity contribution in [1.29, 1.82) is 0 Å². The van der Waals surface area contributed by atoms with Crippen molar-refractivity contribution in [2.75, 3.05) is 28.2 Å². The molecule has 4 heterocycles. The molecule has 4 atom stereocenters. The molecule has 0 radical (unpaired) electrons. The van der Waals surface area contributed by atoms with E-state index in [9.17, 15) is 14.7 Å². The second kappa shape index (κ2) is 27.5. The van der Waals surface area contributed by atoms with Crippen LogP contribution in [0.3, 0.4) is 0 Å². The van der Waals surface area contributed by atoms with E-state index in [1.807, 2.05) is 12.1 Å². The molecule has 0 saturated carbocycles. The Kier molecular flexibility index (Phi) is 24.0. The molecule has 0 amide bonds. The second-order valence-electron chi connectivity index (χ2n) is 33.5. The van der Waals surface area contributed by atoms with E-state index in [-0.39, 0.29) is 92.6 Å². The van der Waals surface area contributed by atoms with Gasteiger partial charge in [0.05, 0.1) is 22.2 Å². The van der Waals surface area contributed by atoms with E-state index in [4.69, 9.17) is 18.9 Å². The van der Waals surface area contributed by atoms with E-state index in [0.29, 0.717) is 38.5 Å². The first-order chi connectivity index (χ1) is 38.6. The number of carbonyl (C=O) groups is 4. The maximum Gasteiger partial charge on any atom is 0.324 e. The van der Waals surface area contributed by atoms with E-state index in [2.05, 4.69) is 207 Å². The molecule has 4 aliphatic rings. The van der Waals surface area contributed by atoms with E-state index >= 15 is 9.59 Å². The van der Waals surface area contributed by atoms with Gasteiger partial charge in [-0.3, -0.25) is 38.8 Å². The minimum Gasteiger partial charge on any atom is -0.507 e. The number of hydrogen-bond donors (Lipinski definition) is 1. The Bertz CT molecular complexity index is 2270. The van der Waals surface area contributed by atoms with Crippen LogP contribution in [0.15, 0.2) is 12.1 Å². The predicted molar refractivity (Wildman–Crippen MR) is 348 cm³/mol. The highest BCUT2D eigenvalue weighted by Gasteiger charge is 2.56. The van der Waals surface area contributed by atoms with Crippen molar-refractivity contribution in [3.05, 3.63) is 28.8 Å². The molecule has 4 unspecified atom stereocenters. The van der Waals surface area contributed by atoms with Crippen LogP contribution >= 0.6 is 0 Å². The number of rotatable bonds is 20. The van der Waals surface area contributed by atoms with Crippen LogP contribution in [0.4, 0.5) is 0 Å². The van der Waals surface area contributed by atoms with Crippen LogP contribution < -0.4 is 0 Å². The molecular formula is C72H128N4O9. The molecule has 13 heteroatoms. The molecule has 1 aromatic rings. The Hall–Kier alpha value is -3.26. The van der Waals surface area contributed by atoms with Crippen LogP contribution in [0.2, 0.25) is 0 Å². The average molecular weight is 1190 g/mol. The number of likely N-dealkylation sites (N-methyl/N-ethyl adjacent to an activating group) is 4. The van der Waals surface area contributed by atoms with Crippen molar-refractivity contribution in [3.63, 3.8) is 0 Å². The maximum absolute atomic E-state index is 15.0. The van der Waals surface area contributed by atoms with Crippen molar-refractivity contribution in [1.82, 2.24) is 19.6 Å². The number of aromatic hydroxyl groups is 1.